The molecule has 1 aromatic carbocycles. The Labute approximate surface area is 188 Å². The zero-order valence-corrected chi connectivity index (χ0v) is 18.9. The minimum atomic E-state index is -3.60. The number of allylic oxidation sites excluding steroid dienone is 1. The number of aliphatic hydroxyl groups is 3. The van der Waals surface area contributed by atoms with Crippen molar-refractivity contribution in [3.05, 3.63) is 70.7 Å². The van der Waals surface area contributed by atoms with Crippen molar-refractivity contribution in [3.63, 3.8) is 0 Å². The van der Waals surface area contributed by atoms with Crippen LogP contribution in [0.1, 0.15) is 37.7 Å². The maximum absolute atomic E-state index is 12.6. The fourth-order valence-electron chi connectivity index (χ4n) is 3.91. The highest BCUT2D eigenvalue weighted by molar-refractivity contribution is 7.92. The second kappa shape index (κ2) is 11.0. The van der Waals surface area contributed by atoms with Crippen LogP contribution < -0.4 is 4.74 Å². The molecule has 2 heterocycles. The zero-order valence-electron chi connectivity index (χ0n) is 18.1. The summed E-state index contributed by atoms with van der Waals surface area (Å²) in [7, 11) is -3.60. The first-order valence-corrected chi connectivity index (χ1v) is 12.4. The lowest BCUT2D eigenvalue weighted by Crippen LogP contribution is -2.29. The van der Waals surface area contributed by atoms with E-state index in [1.165, 1.54) is 0 Å². The quantitative estimate of drug-likeness (QED) is 0.440. The molecule has 0 unspecified atom stereocenters. The number of hydrogen-bond donors (Lipinski definition) is 3. The molecule has 3 N–H and O–H groups in total. The summed E-state index contributed by atoms with van der Waals surface area (Å²) in [6.07, 6.45) is 2.42. The molecule has 1 aromatic heterocycles. The lowest BCUT2D eigenvalue weighted by Gasteiger charge is -2.19. The number of aliphatic hydroxyl groups excluding tert-OH is 3. The third-order valence-corrected chi connectivity index (χ3v) is 7.64. The highest BCUT2D eigenvalue weighted by Gasteiger charge is 2.41. The van der Waals surface area contributed by atoms with Crippen LogP contribution in [-0.4, -0.2) is 54.1 Å². The van der Waals surface area contributed by atoms with Gasteiger partial charge in [0.2, 0.25) is 0 Å². The molecule has 1 aliphatic heterocycles. The average Bonchev–Trinajstić information content (AvgIpc) is 3.35. The van der Waals surface area contributed by atoms with Crippen LogP contribution in [0.3, 0.4) is 0 Å². The minimum Gasteiger partial charge on any atom is -0.489 e. The van der Waals surface area contributed by atoms with E-state index in [9.17, 15) is 18.6 Å². The van der Waals surface area contributed by atoms with Crippen molar-refractivity contribution >= 4 is 15.9 Å². The molecule has 2 aromatic rings. The van der Waals surface area contributed by atoms with Crippen LogP contribution in [0.25, 0.3) is 6.08 Å². The molecule has 1 aliphatic rings. The van der Waals surface area contributed by atoms with Crippen molar-refractivity contribution in [1.29, 1.82) is 0 Å². The first kappa shape index (κ1) is 24.3. The summed E-state index contributed by atoms with van der Waals surface area (Å²) in [6, 6.07) is 12.5. The van der Waals surface area contributed by atoms with Crippen LogP contribution >= 0.6 is 0 Å². The maximum atomic E-state index is 12.6. The molecule has 7 nitrogen and oxygen atoms in total. The largest absolute Gasteiger partial charge is 0.489 e. The molecule has 32 heavy (non-hydrogen) atoms. The van der Waals surface area contributed by atoms with Crippen LogP contribution in [0.5, 0.6) is 5.75 Å². The summed E-state index contributed by atoms with van der Waals surface area (Å²) in [6.45, 7) is 1.28. The Morgan fingerprint density at radius 1 is 1.22 bits per heavy atom. The van der Waals surface area contributed by atoms with Gasteiger partial charge in [-0.05, 0) is 60.8 Å². The van der Waals surface area contributed by atoms with E-state index < -0.39 is 27.8 Å². The molecule has 8 heteroatoms. The third kappa shape index (κ3) is 5.89. The van der Waals surface area contributed by atoms with Gasteiger partial charge >= 0.3 is 0 Å². The van der Waals surface area contributed by atoms with Crippen molar-refractivity contribution in [2.45, 2.75) is 44.1 Å². The van der Waals surface area contributed by atoms with Gasteiger partial charge in [0, 0.05) is 0 Å². The number of para-hydroxylation sites is 1. The SMILES string of the molecule is CC/C(=C\c1ccc(CO)o1)CC[C@@H](O)C1=C(COc2ccccc2)CS(=O)(=O)[C@H]1CO. The Morgan fingerprint density at radius 3 is 2.59 bits per heavy atom. The van der Waals surface area contributed by atoms with E-state index in [-0.39, 0.29) is 19.0 Å². The van der Waals surface area contributed by atoms with E-state index in [2.05, 4.69) is 0 Å². The van der Waals surface area contributed by atoms with E-state index >= 15 is 0 Å². The summed E-state index contributed by atoms with van der Waals surface area (Å²) in [5, 5.41) is 28.7. The summed E-state index contributed by atoms with van der Waals surface area (Å²) < 4.78 is 36.4. The predicted molar refractivity (Wildman–Crippen MR) is 122 cm³/mol. The number of sulfone groups is 1. The van der Waals surface area contributed by atoms with Gasteiger partial charge in [0.05, 0.1) is 18.5 Å². The summed E-state index contributed by atoms with van der Waals surface area (Å²) >= 11 is 0. The van der Waals surface area contributed by atoms with Crippen molar-refractivity contribution in [1.82, 2.24) is 0 Å². The molecule has 0 spiro atoms. The number of hydrogen-bond acceptors (Lipinski definition) is 7. The molecular formula is C24H30O7S. The van der Waals surface area contributed by atoms with Gasteiger partial charge in [-0.15, -0.1) is 0 Å². The summed E-state index contributed by atoms with van der Waals surface area (Å²) in [4.78, 5) is 0. The van der Waals surface area contributed by atoms with Gasteiger partial charge < -0.3 is 24.5 Å². The van der Waals surface area contributed by atoms with E-state index in [1.54, 1.807) is 24.3 Å². The molecule has 0 saturated heterocycles. The molecule has 0 fully saturated rings. The first-order valence-electron chi connectivity index (χ1n) is 10.7. The van der Waals surface area contributed by atoms with Crippen molar-refractivity contribution in [3.8, 4) is 5.75 Å². The molecular weight excluding hydrogens is 432 g/mol. The minimum absolute atomic E-state index is 0.0406. The maximum Gasteiger partial charge on any atom is 0.163 e. The molecule has 174 valence electrons. The zero-order chi connectivity index (χ0) is 23.1. The monoisotopic (exact) mass is 462 g/mol. The Balaban J connectivity index is 1.75. The Bertz CT molecular complexity index is 1050. The van der Waals surface area contributed by atoms with Crippen LogP contribution in [0, 0.1) is 0 Å². The van der Waals surface area contributed by atoms with Gasteiger partial charge in [-0.25, -0.2) is 8.42 Å². The molecule has 0 bridgehead atoms. The van der Waals surface area contributed by atoms with Gasteiger partial charge in [-0.3, -0.25) is 0 Å². The van der Waals surface area contributed by atoms with Gasteiger partial charge in [0.15, 0.2) is 9.84 Å². The van der Waals surface area contributed by atoms with E-state index in [0.29, 0.717) is 41.3 Å². The molecule has 3 rings (SSSR count). The van der Waals surface area contributed by atoms with Crippen molar-refractivity contribution < 1.29 is 32.9 Å². The van der Waals surface area contributed by atoms with Gasteiger partial charge in [0.25, 0.3) is 0 Å². The lowest BCUT2D eigenvalue weighted by molar-refractivity contribution is 0.187. The van der Waals surface area contributed by atoms with Crippen molar-refractivity contribution in [2.24, 2.45) is 0 Å². The van der Waals surface area contributed by atoms with Gasteiger partial charge in [-0.1, -0.05) is 30.7 Å². The van der Waals surface area contributed by atoms with E-state index in [4.69, 9.17) is 14.3 Å². The van der Waals surface area contributed by atoms with Crippen molar-refractivity contribution in [2.75, 3.05) is 19.0 Å². The fourth-order valence-corrected chi connectivity index (χ4v) is 5.78. The molecule has 0 aliphatic carbocycles. The molecule has 0 saturated carbocycles. The van der Waals surface area contributed by atoms with Crippen LogP contribution in [0.2, 0.25) is 0 Å². The number of rotatable bonds is 11. The molecule has 0 amide bonds. The smallest absolute Gasteiger partial charge is 0.163 e. The summed E-state index contributed by atoms with van der Waals surface area (Å²) in [5.74, 6) is 1.47. The Morgan fingerprint density at radius 2 is 1.97 bits per heavy atom. The van der Waals surface area contributed by atoms with Crippen LogP contribution in [-0.2, 0) is 16.4 Å². The normalized spacial score (nSPS) is 19.4. The summed E-state index contributed by atoms with van der Waals surface area (Å²) in [5.41, 5.74) is 1.87. The second-order valence-corrected chi connectivity index (χ2v) is 10.00. The van der Waals surface area contributed by atoms with Crippen LogP contribution in [0.4, 0.5) is 0 Å². The highest BCUT2D eigenvalue weighted by Crippen LogP contribution is 2.32. The predicted octanol–water partition coefficient (Wildman–Crippen LogP) is 2.87. The van der Waals surface area contributed by atoms with E-state index in [1.807, 2.05) is 31.2 Å². The number of furan rings is 1. The topological polar surface area (TPSA) is 117 Å². The second-order valence-electron chi connectivity index (χ2n) is 7.81. The number of benzene rings is 1. The van der Waals surface area contributed by atoms with Gasteiger partial charge in [-0.2, -0.15) is 0 Å². The molecule has 2 atom stereocenters. The van der Waals surface area contributed by atoms with E-state index in [0.717, 1.165) is 12.0 Å². The van der Waals surface area contributed by atoms with Crippen LogP contribution in [0.15, 0.2) is 63.6 Å². The fraction of sp³-hybridized carbons (Fsp3) is 0.417. The standard InChI is InChI=1S/C24H30O7S/c1-2-17(12-20-9-10-21(13-25)31-20)8-11-22(27)24-18(16-32(28,29)23(24)14-26)15-30-19-6-4-3-5-7-19/h3-7,9-10,12,22-23,25-27H,2,8,11,13-16H2,1H3/b17-12+/t22-,23+/m1/s1. The average molecular weight is 463 g/mol. The van der Waals surface area contributed by atoms with Gasteiger partial charge in [0.1, 0.15) is 35.7 Å². The third-order valence-electron chi connectivity index (χ3n) is 5.62. The Kier molecular flexibility index (Phi) is 8.31. The highest BCUT2D eigenvalue weighted by atomic mass is 32.2. The number of ether oxygens (including phenoxy) is 1. The first-order chi connectivity index (χ1) is 15.4. The lowest BCUT2D eigenvalue weighted by atomic mass is 9.94. The molecule has 0 radical (unpaired) electrons. The Hall–Kier alpha value is -2.39.